The summed E-state index contributed by atoms with van der Waals surface area (Å²) in [5.41, 5.74) is 2.93. The second kappa shape index (κ2) is 7.93. The summed E-state index contributed by atoms with van der Waals surface area (Å²) in [5, 5.41) is 6.61. The highest BCUT2D eigenvalue weighted by molar-refractivity contribution is 6.31. The van der Waals surface area contributed by atoms with E-state index in [0.29, 0.717) is 28.9 Å². The third-order valence-electron chi connectivity index (χ3n) is 3.74. The number of benzene rings is 1. The fourth-order valence-corrected chi connectivity index (χ4v) is 2.56. The van der Waals surface area contributed by atoms with Crippen LogP contribution in [-0.2, 0) is 6.54 Å². The summed E-state index contributed by atoms with van der Waals surface area (Å²) in [6.45, 7) is 4.23. The molecule has 0 saturated carbocycles. The molecule has 1 aromatic carbocycles. The van der Waals surface area contributed by atoms with Gasteiger partial charge in [0.05, 0.1) is 0 Å². The Morgan fingerprint density at radius 3 is 2.62 bits per heavy atom. The topological polar surface area (TPSA) is 79.8 Å². The van der Waals surface area contributed by atoms with E-state index in [-0.39, 0.29) is 11.6 Å². The first kappa shape index (κ1) is 17.8. The molecule has 0 unspecified atom stereocenters. The highest BCUT2D eigenvalue weighted by atomic mass is 35.5. The maximum atomic E-state index is 12.6. The number of hydrogen-bond donors (Lipinski definition) is 2. The standard InChI is InChI=1S/C19H18ClN5O/c1-12-3-4-15(20)9-16(12)25-19(26)17-10-18(24-13(2)23-17)22-11-14-5-7-21-8-6-14/h3-10H,11H2,1-2H3,(H,25,26)(H,22,23,24). The van der Waals surface area contributed by atoms with Crippen molar-refractivity contribution in [1.29, 1.82) is 0 Å². The Labute approximate surface area is 156 Å². The molecule has 0 bridgehead atoms. The van der Waals surface area contributed by atoms with E-state index in [0.717, 1.165) is 11.1 Å². The summed E-state index contributed by atoms with van der Waals surface area (Å²) in [5.74, 6) is 0.785. The van der Waals surface area contributed by atoms with Crippen molar-refractivity contribution in [3.63, 3.8) is 0 Å². The van der Waals surface area contributed by atoms with E-state index in [2.05, 4.69) is 25.6 Å². The van der Waals surface area contributed by atoms with Gasteiger partial charge in [-0.25, -0.2) is 9.97 Å². The molecule has 3 aromatic rings. The van der Waals surface area contributed by atoms with E-state index in [1.165, 1.54) is 0 Å². The van der Waals surface area contributed by atoms with Crippen LogP contribution in [0.1, 0.15) is 27.4 Å². The summed E-state index contributed by atoms with van der Waals surface area (Å²) in [7, 11) is 0. The van der Waals surface area contributed by atoms with Gasteiger partial charge >= 0.3 is 0 Å². The van der Waals surface area contributed by atoms with Crippen LogP contribution in [0.4, 0.5) is 11.5 Å². The molecule has 132 valence electrons. The zero-order chi connectivity index (χ0) is 18.5. The van der Waals surface area contributed by atoms with Gasteiger partial charge in [0.15, 0.2) is 0 Å². The van der Waals surface area contributed by atoms with Crippen molar-refractivity contribution in [2.45, 2.75) is 20.4 Å². The van der Waals surface area contributed by atoms with Crippen LogP contribution in [0.2, 0.25) is 5.02 Å². The van der Waals surface area contributed by atoms with E-state index >= 15 is 0 Å². The van der Waals surface area contributed by atoms with Crippen molar-refractivity contribution >= 4 is 29.0 Å². The second-order valence-corrected chi connectivity index (χ2v) is 6.24. The predicted molar refractivity (Wildman–Crippen MR) is 102 cm³/mol. The first-order valence-corrected chi connectivity index (χ1v) is 8.45. The first-order chi connectivity index (χ1) is 12.5. The number of nitrogens with one attached hydrogen (secondary N) is 2. The molecule has 3 rings (SSSR count). The number of hydrogen-bond acceptors (Lipinski definition) is 5. The molecule has 2 N–H and O–H groups in total. The van der Waals surface area contributed by atoms with Gasteiger partial charge in [0.2, 0.25) is 0 Å². The highest BCUT2D eigenvalue weighted by Crippen LogP contribution is 2.21. The number of nitrogens with zero attached hydrogens (tertiary/aromatic N) is 3. The molecule has 0 aliphatic carbocycles. The van der Waals surface area contributed by atoms with Gasteiger partial charge in [0.25, 0.3) is 5.91 Å². The monoisotopic (exact) mass is 367 g/mol. The van der Waals surface area contributed by atoms with Gasteiger partial charge in [0.1, 0.15) is 17.3 Å². The molecule has 26 heavy (non-hydrogen) atoms. The van der Waals surface area contributed by atoms with Crippen LogP contribution in [-0.4, -0.2) is 20.9 Å². The Kier molecular flexibility index (Phi) is 5.43. The normalized spacial score (nSPS) is 10.4. The third-order valence-corrected chi connectivity index (χ3v) is 3.98. The van der Waals surface area contributed by atoms with Gasteiger partial charge in [-0.2, -0.15) is 0 Å². The molecule has 0 saturated heterocycles. The third kappa shape index (κ3) is 4.55. The molecule has 0 spiro atoms. The van der Waals surface area contributed by atoms with Crippen LogP contribution in [0.15, 0.2) is 48.8 Å². The molecule has 0 aliphatic heterocycles. The number of aromatic nitrogens is 3. The maximum Gasteiger partial charge on any atom is 0.274 e. The molecular weight excluding hydrogens is 350 g/mol. The zero-order valence-corrected chi connectivity index (χ0v) is 15.2. The molecule has 1 amide bonds. The molecule has 2 heterocycles. The summed E-state index contributed by atoms with van der Waals surface area (Å²) in [6, 6.07) is 10.8. The van der Waals surface area contributed by atoms with Crippen LogP contribution in [0.5, 0.6) is 0 Å². The molecule has 6 nitrogen and oxygen atoms in total. The second-order valence-electron chi connectivity index (χ2n) is 5.81. The van der Waals surface area contributed by atoms with Crippen LogP contribution < -0.4 is 10.6 Å². The number of halogens is 1. The number of carbonyl (C=O) groups excluding carboxylic acids is 1. The van der Waals surface area contributed by atoms with Crippen molar-refractivity contribution in [1.82, 2.24) is 15.0 Å². The molecule has 0 aliphatic rings. The van der Waals surface area contributed by atoms with Gasteiger partial charge in [-0.1, -0.05) is 17.7 Å². The van der Waals surface area contributed by atoms with Gasteiger partial charge in [-0.3, -0.25) is 9.78 Å². The highest BCUT2D eigenvalue weighted by Gasteiger charge is 2.12. The molecule has 0 atom stereocenters. The van der Waals surface area contributed by atoms with Crippen LogP contribution in [0.25, 0.3) is 0 Å². The van der Waals surface area contributed by atoms with Gasteiger partial charge < -0.3 is 10.6 Å². The number of anilines is 2. The largest absolute Gasteiger partial charge is 0.366 e. The van der Waals surface area contributed by atoms with E-state index in [1.54, 1.807) is 37.5 Å². The van der Waals surface area contributed by atoms with Gasteiger partial charge in [-0.15, -0.1) is 0 Å². The van der Waals surface area contributed by atoms with Crippen molar-refractivity contribution in [2.75, 3.05) is 10.6 Å². The molecule has 7 heteroatoms. The lowest BCUT2D eigenvalue weighted by molar-refractivity contribution is 0.102. The Balaban J connectivity index is 1.76. The van der Waals surface area contributed by atoms with Crippen molar-refractivity contribution < 1.29 is 4.79 Å². The minimum atomic E-state index is -0.312. The molecular formula is C19H18ClN5O. The average Bonchev–Trinajstić information content (AvgIpc) is 2.63. The van der Waals surface area contributed by atoms with E-state index in [9.17, 15) is 4.79 Å². The smallest absolute Gasteiger partial charge is 0.274 e. The van der Waals surface area contributed by atoms with Crippen molar-refractivity contribution in [3.8, 4) is 0 Å². The lowest BCUT2D eigenvalue weighted by Crippen LogP contribution is -2.16. The maximum absolute atomic E-state index is 12.6. The van der Waals surface area contributed by atoms with Gasteiger partial charge in [-0.05, 0) is 49.2 Å². The van der Waals surface area contributed by atoms with Crippen molar-refractivity contribution in [2.24, 2.45) is 0 Å². The number of pyridine rings is 1. The SMILES string of the molecule is Cc1nc(NCc2ccncc2)cc(C(=O)Nc2cc(Cl)ccc2C)n1. The minimum Gasteiger partial charge on any atom is -0.366 e. The van der Waals surface area contributed by atoms with E-state index in [1.807, 2.05) is 25.1 Å². The van der Waals surface area contributed by atoms with Crippen LogP contribution in [0.3, 0.4) is 0 Å². The van der Waals surface area contributed by atoms with Crippen LogP contribution >= 0.6 is 11.6 Å². The fourth-order valence-electron chi connectivity index (χ4n) is 2.38. The Bertz CT molecular complexity index is 930. The van der Waals surface area contributed by atoms with Crippen molar-refractivity contribution in [3.05, 3.63) is 76.5 Å². The van der Waals surface area contributed by atoms with E-state index in [4.69, 9.17) is 11.6 Å². The Hall–Kier alpha value is -2.99. The molecule has 0 fully saturated rings. The number of aryl methyl sites for hydroxylation is 2. The lowest BCUT2D eigenvalue weighted by atomic mass is 10.2. The van der Waals surface area contributed by atoms with Gasteiger partial charge in [0, 0.05) is 35.7 Å². The number of carbonyl (C=O) groups is 1. The summed E-state index contributed by atoms with van der Waals surface area (Å²) < 4.78 is 0. The average molecular weight is 368 g/mol. The Morgan fingerprint density at radius 1 is 1.08 bits per heavy atom. The van der Waals surface area contributed by atoms with Crippen LogP contribution in [0, 0.1) is 13.8 Å². The number of amides is 1. The molecule has 2 aromatic heterocycles. The number of rotatable bonds is 5. The first-order valence-electron chi connectivity index (χ1n) is 8.07. The summed E-state index contributed by atoms with van der Waals surface area (Å²) in [6.07, 6.45) is 3.46. The quantitative estimate of drug-likeness (QED) is 0.712. The predicted octanol–water partition coefficient (Wildman–Crippen LogP) is 4.01. The summed E-state index contributed by atoms with van der Waals surface area (Å²) >= 11 is 6.00. The van der Waals surface area contributed by atoms with E-state index < -0.39 is 0 Å². The zero-order valence-electron chi connectivity index (χ0n) is 14.5. The summed E-state index contributed by atoms with van der Waals surface area (Å²) in [4.78, 5) is 25.1. The minimum absolute atomic E-state index is 0.286. The lowest BCUT2D eigenvalue weighted by Gasteiger charge is -2.11. The Morgan fingerprint density at radius 2 is 1.85 bits per heavy atom. The molecule has 0 radical (unpaired) electrons. The fraction of sp³-hybridized carbons (Fsp3) is 0.158.